The topological polar surface area (TPSA) is 68.7 Å². The summed E-state index contributed by atoms with van der Waals surface area (Å²) in [5, 5.41) is 1.86. The molecule has 0 aliphatic carbocycles. The van der Waals surface area contributed by atoms with Crippen molar-refractivity contribution in [3.05, 3.63) is 22.7 Å². The van der Waals surface area contributed by atoms with Gasteiger partial charge in [-0.25, -0.2) is 4.98 Å². The van der Waals surface area contributed by atoms with Crippen LogP contribution in [0.3, 0.4) is 0 Å². The van der Waals surface area contributed by atoms with Gasteiger partial charge in [0.15, 0.2) is 0 Å². The van der Waals surface area contributed by atoms with Gasteiger partial charge in [-0.05, 0) is 19.4 Å². The average Bonchev–Trinajstić information content (AvgIpc) is 3.07. The van der Waals surface area contributed by atoms with Crippen molar-refractivity contribution < 1.29 is 19.1 Å². The van der Waals surface area contributed by atoms with E-state index >= 15 is 0 Å². The summed E-state index contributed by atoms with van der Waals surface area (Å²) in [5.41, 5.74) is 2.46. The molecule has 1 aromatic rings. The van der Waals surface area contributed by atoms with Crippen LogP contribution in [0.5, 0.6) is 0 Å². The maximum atomic E-state index is 12.4. The second-order valence-corrected chi connectivity index (χ2v) is 5.72. The lowest BCUT2D eigenvalue weighted by atomic mass is 10.1. The molecule has 23 heavy (non-hydrogen) atoms. The Kier molecular flexibility index (Phi) is 9.16. The minimum absolute atomic E-state index is 0.148. The van der Waals surface area contributed by atoms with Crippen LogP contribution in [0, 0.1) is 5.92 Å². The summed E-state index contributed by atoms with van der Waals surface area (Å²) in [6.07, 6.45) is 3.88. The molecule has 7 heteroatoms. The molecule has 0 aliphatic heterocycles. The Morgan fingerprint density at radius 1 is 1.48 bits per heavy atom. The van der Waals surface area contributed by atoms with Gasteiger partial charge in [0.05, 0.1) is 24.2 Å². The number of thiazole rings is 1. The third kappa shape index (κ3) is 7.38. The summed E-state index contributed by atoms with van der Waals surface area (Å²) >= 11 is 1.47. The Morgan fingerprint density at radius 2 is 2.26 bits per heavy atom. The first-order chi connectivity index (χ1) is 11.1. The van der Waals surface area contributed by atoms with Crippen molar-refractivity contribution in [2.75, 3.05) is 33.4 Å². The smallest absolute Gasteiger partial charge is 0.310 e. The monoisotopic (exact) mass is 340 g/mol. The fourth-order valence-corrected chi connectivity index (χ4v) is 2.49. The van der Waals surface area contributed by atoms with E-state index in [2.05, 4.69) is 4.98 Å². The molecule has 0 fully saturated rings. The highest BCUT2D eigenvalue weighted by Gasteiger charge is 2.20. The Hall–Kier alpha value is -1.73. The molecule has 6 nitrogen and oxygen atoms in total. The molecule has 0 aliphatic rings. The highest BCUT2D eigenvalue weighted by atomic mass is 32.1. The average molecular weight is 340 g/mol. The molecule has 1 aromatic heterocycles. The Bertz CT molecular complexity index is 502. The third-order valence-electron chi connectivity index (χ3n) is 3.18. The van der Waals surface area contributed by atoms with E-state index in [4.69, 9.17) is 9.47 Å². The van der Waals surface area contributed by atoms with Crippen molar-refractivity contribution in [1.29, 1.82) is 0 Å². The van der Waals surface area contributed by atoms with Crippen LogP contribution >= 0.6 is 11.3 Å². The molecule has 0 saturated carbocycles. The van der Waals surface area contributed by atoms with Crippen molar-refractivity contribution in [2.24, 2.45) is 5.92 Å². The number of amides is 1. The van der Waals surface area contributed by atoms with Crippen LogP contribution < -0.4 is 0 Å². The summed E-state index contributed by atoms with van der Waals surface area (Å²) in [5.74, 6) is -0.843. The van der Waals surface area contributed by atoms with Crippen LogP contribution in [-0.2, 0) is 19.1 Å². The van der Waals surface area contributed by atoms with E-state index in [1.165, 1.54) is 24.5 Å². The Balaban J connectivity index is 2.64. The predicted octanol–water partition coefficient (Wildman–Crippen LogP) is 2.22. The molecule has 1 rings (SSSR count). The van der Waals surface area contributed by atoms with Gasteiger partial charge in [0.1, 0.15) is 0 Å². The van der Waals surface area contributed by atoms with Gasteiger partial charge in [-0.1, -0.05) is 6.92 Å². The summed E-state index contributed by atoms with van der Waals surface area (Å²) in [6, 6.07) is 0. The van der Waals surface area contributed by atoms with Gasteiger partial charge in [-0.2, -0.15) is 0 Å². The zero-order valence-electron chi connectivity index (χ0n) is 13.9. The van der Waals surface area contributed by atoms with Gasteiger partial charge in [0.25, 0.3) is 0 Å². The van der Waals surface area contributed by atoms with Crippen LogP contribution in [0.1, 0.15) is 26.0 Å². The van der Waals surface area contributed by atoms with E-state index in [-0.39, 0.29) is 17.8 Å². The predicted molar refractivity (Wildman–Crippen MR) is 90.0 cm³/mol. The first-order valence-electron chi connectivity index (χ1n) is 7.59. The fraction of sp³-hybridized carbons (Fsp3) is 0.562. The minimum Gasteiger partial charge on any atom is -0.469 e. The molecule has 128 valence electrons. The van der Waals surface area contributed by atoms with Gasteiger partial charge in [-0.15, -0.1) is 11.3 Å². The van der Waals surface area contributed by atoms with Crippen molar-refractivity contribution in [3.8, 4) is 0 Å². The first-order valence-corrected chi connectivity index (χ1v) is 8.53. The minimum atomic E-state index is -0.372. The molecule has 1 heterocycles. The van der Waals surface area contributed by atoms with Crippen LogP contribution in [-0.4, -0.2) is 55.2 Å². The van der Waals surface area contributed by atoms with E-state index in [9.17, 15) is 9.59 Å². The molecule has 0 radical (unpaired) electrons. The molecule has 0 aromatic carbocycles. The van der Waals surface area contributed by atoms with Gasteiger partial charge >= 0.3 is 5.97 Å². The number of hydrogen-bond acceptors (Lipinski definition) is 6. The lowest BCUT2D eigenvalue weighted by Gasteiger charge is -2.23. The van der Waals surface area contributed by atoms with Crippen LogP contribution in [0.2, 0.25) is 0 Å². The van der Waals surface area contributed by atoms with E-state index in [0.717, 1.165) is 12.1 Å². The maximum Gasteiger partial charge on any atom is 0.310 e. The number of aromatic nitrogens is 1. The fourth-order valence-electron chi connectivity index (χ4n) is 1.97. The van der Waals surface area contributed by atoms with Gasteiger partial charge in [0, 0.05) is 37.8 Å². The molecule has 0 saturated heterocycles. The van der Waals surface area contributed by atoms with Crippen molar-refractivity contribution in [1.82, 2.24) is 9.88 Å². The van der Waals surface area contributed by atoms with Gasteiger partial charge < -0.3 is 14.4 Å². The Morgan fingerprint density at radius 3 is 2.87 bits per heavy atom. The van der Waals surface area contributed by atoms with E-state index in [1.54, 1.807) is 23.4 Å². The first kappa shape index (κ1) is 19.3. The standard InChI is InChI=1S/C16H24N2O4S/c1-4-22-9-5-8-18(10-13(2)16(20)21-3)15(19)7-6-14-11-23-12-17-14/h6-7,11-13H,4-5,8-10H2,1-3H3/b7-6+/t13-/m1/s1. The largest absolute Gasteiger partial charge is 0.469 e. The molecule has 0 unspecified atom stereocenters. The summed E-state index contributed by atoms with van der Waals surface area (Å²) in [4.78, 5) is 29.7. The number of ether oxygens (including phenoxy) is 2. The third-order valence-corrected chi connectivity index (χ3v) is 3.78. The maximum absolute atomic E-state index is 12.4. The number of carbonyl (C=O) groups is 2. The molecule has 1 atom stereocenters. The number of methoxy groups -OCH3 is 1. The van der Waals surface area contributed by atoms with Gasteiger partial charge in [0.2, 0.25) is 5.91 Å². The highest BCUT2D eigenvalue weighted by molar-refractivity contribution is 7.07. The zero-order valence-corrected chi connectivity index (χ0v) is 14.7. The number of esters is 1. The summed E-state index contributed by atoms with van der Waals surface area (Å²) in [7, 11) is 1.35. The number of carbonyl (C=O) groups excluding carboxylic acids is 2. The number of rotatable bonds is 10. The van der Waals surface area contributed by atoms with E-state index in [0.29, 0.717) is 26.3 Å². The highest BCUT2D eigenvalue weighted by Crippen LogP contribution is 2.07. The van der Waals surface area contributed by atoms with Gasteiger partial charge in [-0.3, -0.25) is 9.59 Å². The van der Waals surface area contributed by atoms with E-state index in [1.807, 2.05) is 12.3 Å². The molecular weight excluding hydrogens is 316 g/mol. The lowest BCUT2D eigenvalue weighted by Crippen LogP contribution is -2.37. The van der Waals surface area contributed by atoms with Crippen molar-refractivity contribution in [3.63, 3.8) is 0 Å². The molecule has 0 bridgehead atoms. The summed E-state index contributed by atoms with van der Waals surface area (Å²) in [6.45, 7) is 5.76. The Labute approximate surface area is 141 Å². The lowest BCUT2D eigenvalue weighted by molar-refractivity contribution is -0.146. The SMILES string of the molecule is CCOCCCN(C[C@@H](C)C(=O)OC)C(=O)/C=C/c1cscn1. The molecule has 1 amide bonds. The number of hydrogen-bond donors (Lipinski definition) is 0. The number of nitrogens with zero attached hydrogens (tertiary/aromatic N) is 2. The zero-order chi connectivity index (χ0) is 17.1. The second kappa shape index (κ2) is 10.9. The quantitative estimate of drug-likeness (QED) is 0.371. The molecule has 0 N–H and O–H groups in total. The second-order valence-electron chi connectivity index (χ2n) is 5.01. The molecular formula is C16H24N2O4S. The van der Waals surface area contributed by atoms with Crippen molar-refractivity contribution >= 4 is 29.3 Å². The van der Waals surface area contributed by atoms with E-state index < -0.39 is 0 Å². The van der Waals surface area contributed by atoms with Crippen LogP contribution in [0.4, 0.5) is 0 Å². The molecule has 0 spiro atoms. The van der Waals surface area contributed by atoms with Crippen molar-refractivity contribution in [2.45, 2.75) is 20.3 Å². The summed E-state index contributed by atoms with van der Waals surface area (Å²) < 4.78 is 10.0. The van der Waals surface area contributed by atoms with Crippen LogP contribution in [0.25, 0.3) is 6.08 Å². The van der Waals surface area contributed by atoms with Crippen LogP contribution in [0.15, 0.2) is 17.0 Å². The normalized spacial score (nSPS) is 12.3.